The quantitative estimate of drug-likeness (QED) is 0.797. The molecule has 5 heteroatoms. The van der Waals surface area contributed by atoms with E-state index in [4.69, 9.17) is 16.7 Å². The summed E-state index contributed by atoms with van der Waals surface area (Å²) in [5.74, 6) is -0.221. The highest BCUT2D eigenvalue weighted by atomic mass is 35.5. The van der Waals surface area contributed by atoms with Gasteiger partial charge in [-0.15, -0.1) is 11.3 Å². The molecule has 0 spiro atoms. The van der Waals surface area contributed by atoms with Crippen LogP contribution in [0.25, 0.3) is 6.08 Å². The molecule has 0 fully saturated rings. The van der Waals surface area contributed by atoms with E-state index < -0.39 is 0 Å². The third-order valence-electron chi connectivity index (χ3n) is 1.66. The van der Waals surface area contributed by atoms with Gasteiger partial charge in [0.2, 0.25) is 5.91 Å². The molecule has 1 aromatic rings. The van der Waals surface area contributed by atoms with Crippen molar-refractivity contribution in [1.29, 1.82) is 0 Å². The lowest BCUT2D eigenvalue weighted by Gasteiger charge is -2.07. The first-order valence-electron chi connectivity index (χ1n) is 4.46. The van der Waals surface area contributed by atoms with E-state index in [-0.39, 0.29) is 18.6 Å². The van der Waals surface area contributed by atoms with E-state index in [2.05, 4.69) is 5.32 Å². The smallest absolute Gasteiger partial charge is 0.244 e. The molecule has 0 aromatic carbocycles. The van der Waals surface area contributed by atoms with Crippen LogP contribution in [0.5, 0.6) is 0 Å². The Morgan fingerprint density at radius 3 is 3.00 bits per heavy atom. The monoisotopic (exact) mass is 245 g/mol. The maximum Gasteiger partial charge on any atom is 0.244 e. The zero-order chi connectivity index (χ0) is 11.3. The standard InChI is InChI=1S/C10H12ClNO2S/c1-7(6-13)12-10(14)5-3-8-2-4-9(11)15-8/h2-5,7,13H,6H2,1H3,(H,12,14)/t7-/m1/s1. The molecule has 1 heterocycles. The van der Waals surface area contributed by atoms with Gasteiger partial charge < -0.3 is 10.4 Å². The summed E-state index contributed by atoms with van der Waals surface area (Å²) in [6.45, 7) is 1.66. The average molecular weight is 246 g/mol. The van der Waals surface area contributed by atoms with Crippen LogP contribution in [0.4, 0.5) is 0 Å². The zero-order valence-corrected chi connectivity index (χ0v) is 9.81. The Kier molecular flexibility index (Phi) is 4.81. The van der Waals surface area contributed by atoms with Gasteiger partial charge in [0.15, 0.2) is 0 Å². The number of halogens is 1. The minimum atomic E-state index is -0.228. The first kappa shape index (κ1) is 12.2. The molecule has 15 heavy (non-hydrogen) atoms. The van der Waals surface area contributed by atoms with E-state index in [1.165, 1.54) is 17.4 Å². The molecular weight excluding hydrogens is 234 g/mol. The van der Waals surface area contributed by atoms with Gasteiger partial charge in [0, 0.05) is 17.0 Å². The molecule has 2 N–H and O–H groups in total. The lowest BCUT2D eigenvalue weighted by Crippen LogP contribution is -2.33. The molecule has 0 bridgehead atoms. The number of hydrogen-bond acceptors (Lipinski definition) is 3. The van der Waals surface area contributed by atoms with Crippen molar-refractivity contribution >= 4 is 34.9 Å². The summed E-state index contributed by atoms with van der Waals surface area (Å²) in [4.78, 5) is 12.2. The lowest BCUT2D eigenvalue weighted by molar-refractivity contribution is -0.117. The van der Waals surface area contributed by atoms with Gasteiger partial charge in [-0.2, -0.15) is 0 Å². The van der Waals surface area contributed by atoms with Gasteiger partial charge in [0.25, 0.3) is 0 Å². The van der Waals surface area contributed by atoms with Crippen LogP contribution in [0.3, 0.4) is 0 Å². The maximum atomic E-state index is 11.3. The average Bonchev–Trinajstić information content (AvgIpc) is 2.61. The minimum absolute atomic E-state index is 0.0651. The second kappa shape index (κ2) is 5.90. The van der Waals surface area contributed by atoms with Crippen molar-refractivity contribution < 1.29 is 9.90 Å². The number of rotatable bonds is 4. The highest BCUT2D eigenvalue weighted by Gasteiger charge is 2.02. The molecule has 0 aliphatic rings. The molecule has 3 nitrogen and oxygen atoms in total. The molecule has 1 atom stereocenters. The normalized spacial score (nSPS) is 13.0. The molecule has 1 amide bonds. The van der Waals surface area contributed by atoms with E-state index in [0.29, 0.717) is 4.34 Å². The van der Waals surface area contributed by atoms with E-state index >= 15 is 0 Å². The molecule has 1 rings (SSSR count). The van der Waals surface area contributed by atoms with Gasteiger partial charge in [0.05, 0.1) is 10.9 Å². The minimum Gasteiger partial charge on any atom is -0.394 e. The second-order valence-electron chi connectivity index (χ2n) is 3.07. The molecule has 0 aliphatic heterocycles. The van der Waals surface area contributed by atoms with Crippen molar-refractivity contribution in [2.45, 2.75) is 13.0 Å². The Balaban J connectivity index is 2.47. The highest BCUT2D eigenvalue weighted by molar-refractivity contribution is 7.17. The van der Waals surface area contributed by atoms with Crippen LogP contribution < -0.4 is 5.32 Å². The first-order valence-corrected chi connectivity index (χ1v) is 5.66. The topological polar surface area (TPSA) is 49.3 Å². The fraction of sp³-hybridized carbons (Fsp3) is 0.300. The Bertz CT molecular complexity index is 362. The van der Waals surface area contributed by atoms with Gasteiger partial charge in [-0.1, -0.05) is 11.6 Å². The molecule has 0 aliphatic carbocycles. The number of hydrogen-bond donors (Lipinski definition) is 2. The number of thiophene rings is 1. The Morgan fingerprint density at radius 2 is 2.47 bits per heavy atom. The zero-order valence-electron chi connectivity index (χ0n) is 8.24. The van der Waals surface area contributed by atoms with Crippen molar-refractivity contribution in [2.24, 2.45) is 0 Å². The van der Waals surface area contributed by atoms with Crippen LogP contribution in [-0.2, 0) is 4.79 Å². The van der Waals surface area contributed by atoms with Crippen LogP contribution in [-0.4, -0.2) is 23.7 Å². The fourth-order valence-electron chi connectivity index (χ4n) is 0.912. The van der Waals surface area contributed by atoms with Crippen molar-refractivity contribution in [3.63, 3.8) is 0 Å². The van der Waals surface area contributed by atoms with Crippen LogP contribution in [0.1, 0.15) is 11.8 Å². The molecule has 82 valence electrons. The number of aliphatic hydroxyl groups excluding tert-OH is 1. The summed E-state index contributed by atoms with van der Waals surface area (Å²) in [6, 6.07) is 3.39. The van der Waals surface area contributed by atoms with Crippen molar-refractivity contribution in [3.05, 3.63) is 27.4 Å². The number of amides is 1. The largest absolute Gasteiger partial charge is 0.394 e. The number of carbonyl (C=O) groups excluding carboxylic acids is 1. The van der Waals surface area contributed by atoms with Crippen LogP contribution in [0.15, 0.2) is 18.2 Å². The maximum absolute atomic E-state index is 11.3. The van der Waals surface area contributed by atoms with Crippen molar-refractivity contribution in [2.75, 3.05) is 6.61 Å². The molecule has 0 radical (unpaired) electrons. The van der Waals surface area contributed by atoms with Gasteiger partial charge in [-0.3, -0.25) is 4.79 Å². The van der Waals surface area contributed by atoms with E-state index in [9.17, 15) is 4.79 Å². The SMILES string of the molecule is C[C@H](CO)NC(=O)C=Cc1ccc(Cl)s1. The predicted octanol–water partition coefficient (Wildman–Crippen LogP) is 1.91. The van der Waals surface area contributed by atoms with E-state index in [1.54, 1.807) is 19.1 Å². The van der Waals surface area contributed by atoms with Gasteiger partial charge >= 0.3 is 0 Å². The highest BCUT2D eigenvalue weighted by Crippen LogP contribution is 2.22. The second-order valence-corrected chi connectivity index (χ2v) is 4.81. The Labute approximate surface area is 97.4 Å². The summed E-state index contributed by atoms with van der Waals surface area (Å²) in [7, 11) is 0. The Morgan fingerprint density at radius 1 is 1.73 bits per heavy atom. The van der Waals surface area contributed by atoms with Crippen LogP contribution in [0, 0.1) is 0 Å². The van der Waals surface area contributed by atoms with Crippen molar-refractivity contribution in [1.82, 2.24) is 5.32 Å². The lowest BCUT2D eigenvalue weighted by atomic mass is 10.3. The fourth-order valence-corrected chi connectivity index (χ4v) is 1.88. The number of nitrogens with one attached hydrogen (secondary N) is 1. The molecular formula is C10H12ClNO2S. The van der Waals surface area contributed by atoms with Gasteiger partial charge in [-0.05, 0) is 25.1 Å². The van der Waals surface area contributed by atoms with Crippen LogP contribution in [0.2, 0.25) is 4.34 Å². The van der Waals surface area contributed by atoms with Gasteiger partial charge in [0.1, 0.15) is 0 Å². The first-order chi connectivity index (χ1) is 7.11. The van der Waals surface area contributed by atoms with E-state index in [1.807, 2.05) is 6.07 Å². The molecule has 0 unspecified atom stereocenters. The summed E-state index contributed by atoms with van der Waals surface area (Å²) >= 11 is 7.14. The third-order valence-corrected chi connectivity index (χ3v) is 2.85. The van der Waals surface area contributed by atoms with Crippen LogP contribution >= 0.6 is 22.9 Å². The third kappa shape index (κ3) is 4.46. The summed E-state index contributed by atoms with van der Waals surface area (Å²) in [5, 5.41) is 11.3. The summed E-state index contributed by atoms with van der Waals surface area (Å²) < 4.78 is 0.693. The van der Waals surface area contributed by atoms with E-state index in [0.717, 1.165) is 4.88 Å². The number of carbonyl (C=O) groups is 1. The molecule has 1 aromatic heterocycles. The Hall–Kier alpha value is -0.840. The van der Waals surface area contributed by atoms with Crippen molar-refractivity contribution in [3.8, 4) is 0 Å². The number of aliphatic hydroxyl groups is 1. The predicted molar refractivity (Wildman–Crippen MR) is 63.1 cm³/mol. The summed E-state index contributed by atoms with van der Waals surface area (Å²) in [6.07, 6.45) is 3.12. The molecule has 0 saturated heterocycles. The summed E-state index contributed by atoms with van der Waals surface area (Å²) in [5.41, 5.74) is 0. The molecule has 0 saturated carbocycles. The van der Waals surface area contributed by atoms with Gasteiger partial charge in [-0.25, -0.2) is 0 Å².